The summed E-state index contributed by atoms with van der Waals surface area (Å²) in [6.45, 7) is 10.8. The van der Waals surface area contributed by atoms with Gasteiger partial charge in [0.2, 0.25) is 0 Å². The lowest BCUT2D eigenvalue weighted by molar-refractivity contribution is 0.0725. The van der Waals surface area contributed by atoms with Gasteiger partial charge in [-0.05, 0) is 46.6 Å². The van der Waals surface area contributed by atoms with E-state index in [0.717, 1.165) is 18.6 Å². The van der Waals surface area contributed by atoms with Crippen LogP contribution >= 0.6 is 0 Å². The Morgan fingerprint density at radius 1 is 1.06 bits per heavy atom. The molecule has 0 saturated carbocycles. The van der Waals surface area contributed by atoms with Crippen molar-refractivity contribution in [2.75, 3.05) is 59.9 Å². The molecule has 0 radical (unpaired) electrons. The molecule has 0 aromatic carbocycles. The molecule has 2 aliphatic heterocycles. The zero-order valence-corrected chi connectivity index (χ0v) is 12.4. The minimum atomic E-state index is 0.722. The average molecular weight is 254 g/mol. The fourth-order valence-corrected chi connectivity index (χ4v) is 3.20. The summed E-state index contributed by atoms with van der Waals surface area (Å²) in [6.07, 6.45) is 2.64. The van der Waals surface area contributed by atoms with Gasteiger partial charge in [-0.3, -0.25) is 4.90 Å². The first-order chi connectivity index (χ1) is 8.69. The molecule has 0 spiro atoms. The van der Waals surface area contributed by atoms with E-state index in [9.17, 15) is 0 Å². The van der Waals surface area contributed by atoms with E-state index in [0.29, 0.717) is 0 Å². The molecule has 2 heterocycles. The van der Waals surface area contributed by atoms with Crippen LogP contribution in [0.1, 0.15) is 19.8 Å². The van der Waals surface area contributed by atoms with Crippen LogP contribution in [0.15, 0.2) is 0 Å². The molecular weight excluding hydrogens is 224 g/mol. The number of nitrogens with one attached hydrogen (secondary N) is 1. The van der Waals surface area contributed by atoms with Crippen molar-refractivity contribution in [3.05, 3.63) is 0 Å². The van der Waals surface area contributed by atoms with Gasteiger partial charge in [0.15, 0.2) is 0 Å². The zero-order valence-electron chi connectivity index (χ0n) is 12.4. The van der Waals surface area contributed by atoms with Gasteiger partial charge in [-0.2, -0.15) is 0 Å². The lowest BCUT2D eigenvalue weighted by Crippen LogP contribution is -2.55. The molecule has 0 aromatic heterocycles. The van der Waals surface area contributed by atoms with Crippen LogP contribution in [-0.4, -0.2) is 86.7 Å². The first-order valence-electron chi connectivity index (χ1n) is 7.53. The third kappa shape index (κ3) is 3.92. The Kier molecular flexibility index (Phi) is 5.42. The van der Waals surface area contributed by atoms with Crippen LogP contribution in [0, 0.1) is 0 Å². The Morgan fingerprint density at radius 2 is 1.78 bits per heavy atom. The highest BCUT2D eigenvalue weighted by Crippen LogP contribution is 2.13. The molecule has 1 atom stereocenters. The van der Waals surface area contributed by atoms with Crippen LogP contribution in [0.3, 0.4) is 0 Å². The van der Waals surface area contributed by atoms with Crippen molar-refractivity contribution in [3.63, 3.8) is 0 Å². The summed E-state index contributed by atoms with van der Waals surface area (Å²) in [5.74, 6) is 0. The number of nitrogens with zero attached hydrogens (tertiary/aromatic N) is 3. The molecule has 0 aliphatic carbocycles. The molecule has 1 N–H and O–H groups in total. The Bertz CT molecular complexity index is 238. The molecule has 0 bridgehead atoms. The van der Waals surface area contributed by atoms with Gasteiger partial charge in [-0.1, -0.05) is 6.92 Å². The maximum atomic E-state index is 3.58. The first kappa shape index (κ1) is 14.3. The minimum Gasteiger partial charge on any atom is -0.314 e. The van der Waals surface area contributed by atoms with Crippen LogP contribution in [0.2, 0.25) is 0 Å². The summed E-state index contributed by atoms with van der Waals surface area (Å²) in [7, 11) is 4.53. The van der Waals surface area contributed by atoms with Crippen molar-refractivity contribution in [3.8, 4) is 0 Å². The van der Waals surface area contributed by atoms with Gasteiger partial charge >= 0.3 is 0 Å². The Morgan fingerprint density at radius 3 is 2.44 bits per heavy atom. The molecule has 4 nitrogen and oxygen atoms in total. The van der Waals surface area contributed by atoms with Crippen molar-refractivity contribution in [2.45, 2.75) is 31.8 Å². The summed E-state index contributed by atoms with van der Waals surface area (Å²) in [5.41, 5.74) is 0. The molecule has 4 heteroatoms. The maximum absolute atomic E-state index is 3.58. The summed E-state index contributed by atoms with van der Waals surface area (Å²) >= 11 is 0. The number of piperazine rings is 1. The Hall–Kier alpha value is -0.160. The number of piperidine rings is 1. The highest BCUT2D eigenvalue weighted by molar-refractivity contribution is 4.84. The van der Waals surface area contributed by atoms with E-state index in [1.807, 2.05) is 0 Å². The van der Waals surface area contributed by atoms with E-state index < -0.39 is 0 Å². The second kappa shape index (κ2) is 6.85. The van der Waals surface area contributed by atoms with Crippen molar-refractivity contribution in [1.82, 2.24) is 20.0 Å². The number of likely N-dealkylation sites (N-methyl/N-ethyl adjacent to an activating group) is 2. The van der Waals surface area contributed by atoms with Crippen LogP contribution < -0.4 is 5.32 Å². The quantitative estimate of drug-likeness (QED) is 0.779. The number of rotatable bonds is 4. The van der Waals surface area contributed by atoms with E-state index in [-0.39, 0.29) is 0 Å². The standard InChI is InChI=1S/C14H30N4/c1-4-15-13-5-7-18(8-6-13)12-14-11-16(2)9-10-17(14)3/h13-15H,4-12H2,1-3H3. The normalized spacial score (nSPS) is 29.8. The van der Waals surface area contributed by atoms with Gasteiger partial charge < -0.3 is 15.1 Å². The maximum Gasteiger partial charge on any atom is 0.0347 e. The van der Waals surface area contributed by atoms with Gasteiger partial charge in [0.1, 0.15) is 0 Å². The minimum absolute atomic E-state index is 0.722. The number of hydrogen-bond acceptors (Lipinski definition) is 4. The fraction of sp³-hybridized carbons (Fsp3) is 1.00. The summed E-state index contributed by atoms with van der Waals surface area (Å²) in [5, 5.41) is 3.58. The van der Waals surface area contributed by atoms with E-state index >= 15 is 0 Å². The third-order valence-electron chi connectivity index (χ3n) is 4.53. The molecule has 18 heavy (non-hydrogen) atoms. The molecule has 2 aliphatic rings. The van der Waals surface area contributed by atoms with E-state index in [1.54, 1.807) is 0 Å². The van der Waals surface area contributed by atoms with Gasteiger partial charge in [-0.15, -0.1) is 0 Å². The molecule has 0 aromatic rings. The lowest BCUT2D eigenvalue weighted by Gasteiger charge is -2.42. The molecule has 2 saturated heterocycles. The average Bonchev–Trinajstić information content (AvgIpc) is 2.37. The summed E-state index contributed by atoms with van der Waals surface area (Å²) in [6, 6.07) is 1.48. The third-order valence-corrected chi connectivity index (χ3v) is 4.53. The fourth-order valence-electron chi connectivity index (χ4n) is 3.20. The van der Waals surface area contributed by atoms with Crippen molar-refractivity contribution in [1.29, 1.82) is 0 Å². The van der Waals surface area contributed by atoms with Crippen LogP contribution in [0.25, 0.3) is 0 Å². The van der Waals surface area contributed by atoms with Crippen LogP contribution in [0.4, 0.5) is 0 Å². The predicted octanol–water partition coefficient (Wildman–Crippen LogP) is 0.306. The SMILES string of the molecule is CCNC1CCN(CC2CN(C)CCN2C)CC1. The molecule has 0 amide bonds. The second-order valence-electron chi connectivity index (χ2n) is 6.03. The lowest BCUT2D eigenvalue weighted by atomic mass is 10.0. The highest BCUT2D eigenvalue weighted by Gasteiger charge is 2.26. The van der Waals surface area contributed by atoms with Crippen molar-refractivity contribution in [2.24, 2.45) is 0 Å². The Labute approximate surface area is 112 Å². The monoisotopic (exact) mass is 254 g/mol. The molecule has 2 rings (SSSR count). The van der Waals surface area contributed by atoms with E-state index in [4.69, 9.17) is 0 Å². The van der Waals surface area contributed by atoms with Crippen LogP contribution in [0.5, 0.6) is 0 Å². The second-order valence-corrected chi connectivity index (χ2v) is 6.03. The molecule has 1 unspecified atom stereocenters. The molecular formula is C14H30N4. The largest absolute Gasteiger partial charge is 0.314 e. The van der Waals surface area contributed by atoms with Gasteiger partial charge in [0.05, 0.1) is 0 Å². The highest BCUT2D eigenvalue weighted by atomic mass is 15.3. The first-order valence-corrected chi connectivity index (χ1v) is 7.53. The van der Waals surface area contributed by atoms with Gasteiger partial charge in [-0.25, -0.2) is 0 Å². The molecule has 106 valence electrons. The number of hydrogen-bond donors (Lipinski definition) is 1. The van der Waals surface area contributed by atoms with Crippen LogP contribution in [-0.2, 0) is 0 Å². The smallest absolute Gasteiger partial charge is 0.0347 e. The number of likely N-dealkylation sites (tertiary alicyclic amines) is 1. The van der Waals surface area contributed by atoms with Crippen molar-refractivity contribution < 1.29 is 0 Å². The zero-order chi connectivity index (χ0) is 13.0. The van der Waals surface area contributed by atoms with Gasteiger partial charge in [0.25, 0.3) is 0 Å². The summed E-state index contributed by atoms with van der Waals surface area (Å²) < 4.78 is 0. The predicted molar refractivity (Wildman–Crippen MR) is 77.1 cm³/mol. The van der Waals surface area contributed by atoms with Gasteiger partial charge in [0, 0.05) is 38.3 Å². The Balaban J connectivity index is 1.73. The summed E-state index contributed by atoms with van der Waals surface area (Å²) in [4.78, 5) is 7.67. The molecule has 2 fully saturated rings. The topological polar surface area (TPSA) is 21.8 Å². The van der Waals surface area contributed by atoms with Crippen molar-refractivity contribution >= 4 is 0 Å². The van der Waals surface area contributed by atoms with E-state index in [2.05, 4.69) is 41.0 Å². The van der Waals surface area contributed by atoms with E-state index in [1.165, 1.54) is 52.1 Å².